The molecule has 2 rings (SSSR count). The summed E-state index contributed by atoms with van der Waals surface area (Å²) in [4.78, 5) is 4.41. The lowest BCUT2D eigenvalue weighted by Gasteiger charge is -1.98. The first kappa shape index (κ1) is 8.20. The van der Waals surface area contributed by atoms with Gasteiger partial charge in [0, 0.05) is 30.1 Å². The Bertz CT molecular complexity index is 253. The Morgan fingerprint density at radius 2 is 2.50 bits per heavy atom. The third kappa shape index (κ3) is 2.29. The van der Waals surface area contributed by atoms with Crippen LogP contribution in [0, 0.1) is 6.92 Å². The van der Waals surface area contributed by atoms with E-state index in [4.69, 9.17) is 0 Å². The van der Waals surface area contributed by atoms with Crippen molar-refractivity contribution in [3.8, 4) is 0 Å². The highest BCUT2D eigenvalue weighted by atomic mass is 32.1. The molecule has 1 fully saturated rings. The molecule has 1 aromatic heterocycles. The monoisotopic (exact) mass is 182 g/mol. The molecule has 0 saturated heterocycles. The van der Waals surface area contributed by atoms with Crippen LogP contribution in [-0.2, 0) is 6.42 Å². The lowest BCUT2D eigenvalue weighted by molar-refractivity contribution is 0.680. The summed E-state index contributed by atoms with van der Waals surface area (Å²) in [5, 5.41) is 6.86. The van der Waals surface area contributed by atoms with Gasteiger partial charge in [-0.15, -0.1) is 11.3 Å². The fourth-order valence-electron chi connectivity index (χ4n) is 1.19. The zero-order chi connectivity index (χ0) is 8.39. The van der Waals surface area contributed by atoms with E-state index in [1.54, 1.807) is 11.3 Å². The van der Waals surface area contributed by atoms with Gasteiger partial charge in [0.15, 0.2) is 0 Å². The number of nitrogens with zero attached hydrogens (tertiary/aromatic N) is 1. The van der Waals surface area contributed by atoms with Crippen LogP contribution >= 0.6 is 11.3 Å². The van der Waals surface area contributed by atoms with E-state index in [1.807, 2.05) is 6.92 Å². The molecule has 0 atom stereocenters. The number of aromatic nitrogens is 1. The predicted octanol–water partition coefficient (Wildman–Crippen LogP) is 1.75. The lowest BCUT2D eigenvalue weighted by Crippen LogP contribution is -2.19. The van der Waals surface area contributed by atoms with Crippen LogP contribution in [0.1, 0.15) is 23.5 Å². The van der Waals surface area contributed by atoms with E-state index < -0.39 is 0 Å². The number of nitrogens with one attached hydrogen (secondary N) is 1. The first-order valence-corrected chi connectivity index (χ1v) is 5.37. The van der Waals surface area contributed by atoms with Gasteiger partial charge in [-0.2, -0.15) is 0 Å². The average molecular weight is 182 g/mol. The zero-order valence-electron chi connectivity index (χ0n) is 7.34. The van der Waals surface area contributed by atoms with Crippen molar-refractivity contribution in [2.24, 2.45) is 0 Å². The van der Waals surface area contributed by atoms with Crippen LogP contribution in [0.4, 0.5) is 0 Å². The summed E-state index contributed by atoms with van der Waals surface area (Å²) < 4.78 is 0. The van der Waals surface area contributed by atoms with Crippen LogP contribution in [0.5, 0.6) is 0 Å². The van der Waals surface area contributed by atoms with Gasteiger partial charge >= 0.3 is 0 Å². The van der Waals surface area contributed by atoms with Crippen molar-refractivity contribution < 1.29 is 0 Å². The molecule has 1 aliphatic carbocycles. The molecule has 0 radical (unpaired) electrons. The third-order valence-corrected chi connectivity index (χ3v) is 3.04. The molecule has 1 heterocycles. The molecule has 3 heteroatoms. The summed E-state index contributed by atoms with van der Waals surface area (Å²) in [6.45, 7) is 3.14. The van der Waals surface area contributed by atoms with Crippen LogP contribution in [0.3, 0.4) is 0 Å². The summed E-state index contributed by atoms with van der Waals surface area (Å²) in [6, 6.07) is 0.825. The summed E-state index contributed by atoms with van der Waals surface area (Å²) in [6.07, 6.45) is 3.84. The predicted molar refractivity (Wildman–Crippen MR) is 51.6 cm³/mol. The minimum Gasteiger partial charge on any atom is -0.314 e. The zero-order valence-corrected chi connectivity index (χ0v) is 8.16. The standard InChI is InChI=1S/C9H14N2S/c1-7-6-12-9(11-7)4-5-10-8-2-3-8/h6,8,10H,2-5H2,1H3. The van der Waals surface area contributed by atoms with Crippen LogP contribution in [0.15, 0.2) is 5.38 Å². The molecule has 66 valence electrons. The van der Waals surface area contributed by atoms with Crippen molar-refractivity contribution >= 4 is 11.3 Å². The third-order valence-electron chi connectivity index (χ3n) is 2.02. The molecule has 0 unspecified atom stereocenters. The Hall–Kier alpha value is -0.410. The van der Waals surface area contributed by atoms with E-state index >= 15 is 0 Å². The molecule has 1 aromatic rings. The Balaban J connectivity index is 1.71. The molecule has 0 aliphatic heterocycles. The summed E-state index contributed by atoms with van der Waals surface area (Å²) in [7, 11) is 0. The fourth-order valence-corrected chi connectivity index (χ4v) is 1.96. The Morgan fingerprint density at radius 1 is 1.67 bits per heavy atom. The quantitative estimate of drug-likeness (QED) is 0.767. The molecule has 1 saturated carbocycles. The lowest BCUT2D eigenvalue weighted by atomic mass is 10.4. The van der Waals surface area contributed by atoms with E-state index in [9.17, 15) is 0 Å². The van der Waals surface area contributed by atoms with Crippen LogP contribution in [0.2, 0.25) is 0 Å². The van der Waals surface area contributed by atoms with Crippen LogP contribution < -0.4 is 5.32 Å². The first-order chi connectivity index (χ1) is 5.84. The topological polar surface area (TPSA) is 24.9 Å². The summed E-state index contributed by atoms with van der Waals surface area (Å²) >= 11 is 1.77. The van der Waals surface area contributed by atoms with Gasteiger partial charge in [-0.25, -0.2) is 4.98 Å². The Kier molecular flexibility index (Phi) is 2.42. The maximum absolute atomic E-state index is 4.41. The molecule has 0 spiro atoms. The second-order valence-electron chi connectivity index (χ2n) is 3.36. The highest BCUT2D eigenvalue weighted by Gasteiger charge is 2.19. The van der Waals surface area contributed by atoms with Gasteiger partial charge in [0.2, 0.25) is 0 Å². The largest absolute Gasteiger partial charge is 0.314 e. The molecule has 2 nitrogen and oxygen atoms in total. The van der Waals surface area contributed by atoms with Gasteiger partial charge in [0.25, 0.3) is 0 Å². The fraction of sp³-hybridized carbons (Fsp3) is 0.667. The van der Waals surface area contributed by atoms with Gasteiger partial charge in [0.05, 0.1) is 5.01 Å². The van der Waals surface area contributed by atoms with E-state index in [0.29, 0.717) is 0 Å². The average Bonchev–Trinajstić information content (AvgIpc) is 2.76. The molecular weight excluding hydrogens is 168 g/mol. The van der Waals surface area contributed by atoms with Crippen LogP contribution in [0.25, 0.3) is 0 Å². The van der Waals surface area contributed by atoms with Gasteiger partial charge in [0.1, 0.15) is 0 Å². The molecule has 12 heavy (non-hydrogen) atoms. The number of thiazole rings is 1. The normalized spacial score (nSPS) is 16.8. The minimum absolute atomic E-state index is 0.825. The second-order valence-corrected chi connectivity index (χ2v) is 4.30. The Morgan fingerprint density at radius 3 is 3.08 bits per heavy atom. The minimum atomic E-state index is 0.825. The van der Waals surface area contributed by atoms with E-state index in [2.05, 4.69) is 15.7 Å². The maximum Gasteiger partial charge on any atom is 0.0940 e. The second kappa shape index (κ2) is 3.54. The smallest absolute Gasteiger partial charge is 0.0940 e. The molecule has 1 aliphatic rings. The van der Waals surface area contributed by atoms with E-state index in [0.717, 1.165) is 24.7 Å². The molecule has 0 aromatic carbocycles. The molecule has 1 N–H and O–H groups in total. The molecular formula is C9H14N2S. The van der Waals surface area contributed by atoms with Crippen molar-refractivity contribution in [3.05, 3.63) is 16.1 Å². The van der Waals surface area contributed by atoms with Crippen molar-refractivity contribution in [2.45, 2.75) is 32.2 Å². The van der Waals surface area contributed by atoms with Gasteiger partial charge in [-0.1, -0.05) is 0 Å². The number of hydrogen-bond acceptors (Lipinski definition) is 3. The van der Waals surface area contributed by atoms with E-state index in [-0.39, 0.29) is 0 Å². The van der Waals surface area contributed by atoms with Crippen molar-refractivity contribution in [1.82, 2.24) is 10.3 Å². The highest BCUT2D eigenvalue weighted by molar-refractivity contribution is 7.09. The number of rotatable bonds is 4. The Labute approximate surface area is 77.0 Å². The molecule has 0 bridgehead atoms. The summed E-state index contributed by atoms with van der Waals surface area (Å²) in [5.41, 5.74) is 1.15. The number of hydrogen-bond donors (Lipinski definition) is 1. The maximum atomic E-state index is 4.41. The van der Waals surface area contributed by atoms with Crippen LogP contribution in [-0.4, -0.2) is 17.6 Å². The summed E-state index contributed by atoms with van der Waals surface area (Å²) in [5.74, 6) is 0. The van der Waals surface area contributed by atoms with Gasteiger partial charge < -0.3 is 5.32 Å². The SMILES string of the molecule is Cc1csc(CCNC2CC2)n1. The van der Waals surface area contributed by atoms with Crippen molar-refractivity contribution in [2.75, 3.05) is 6.54 Å². The van der Waals surface area contributed by atoms with Gasteiger partial charge in [-0.3, -0.25) is 0 Å². The van der Waals surface area contributed by atoms with E-state index in [1.165, 1.54) is 17.8 Å². The molecule has 0 amide bonds. The van der Waals surface area contributed by atoms with Crippen molar-refractivity contribution in [3.63, 3.8) is 0 Å². The van der Waals surface area contributed by atoms with Gasteiger partial charge in [-0.05, 0) is 19.8 Å². The first-order valence-electron chi connectivity index (χ1n) is 4.49. The highest BCUT2D eigenvalue weighted by Crippen LogP contribution is 2.18. The van der Waals surface area contributed by atoms with Crippen molar-refractivity contribution in [1.29, 1.82) is 0 Å². The number of aryl methyl sites for hydroxylation is 1.